The zero-order valence-electron chi connectivity index (χ0n) is 29.8. The average Bonchev–Trinajstić information content (AvgIpc) is 3.83. The molecule has 14 atom stereocenters. The number of nitrogens with two attached hydrogens (primary N) is 1. The molecule has 0 aromatic carbocycles. The highest BCUT2D eigenvalue weighted by molar-refractivity contribution is 5.82. The van der Waals surface area contributed by atoms with Crippen LogP contribution in [0.1, 0.15) is 46.0 Å². The van der Waals surface area contributed by atoms with Crippen LogP contribution in [-0.2, 0) is 33.3 Å². The van der Waals surface area contributed by atoms with Gasteiger partial charge in [-0.25, -0.2) is 4.79 Å². The highest BCUT2D eigenvalue weighted by atomic mass is 16.7. The first kappa shape index (κ1) is 44.5. The monoisotopic (exact) mass is 757 g/mol. The Morgan fingerprint density at radius 1 is 0.943 bits per heavy atom. The minimum atomic E-state index is -2.10. The van der Waals surface area contributed by atoms with Crippen molar-refractivity contribution in [1.29, 1.82) is 0 Å². The van der Waals surface area contributed by atoms with E-state index in [1.807, 2.05) is 6.08 Å². The summed E-state index contributed by atoms with van der Waals surface area (Å²) in [6.07, 6.45) is 4.30. The quantitative estimate of drug-likeness (QED) is 0.112. The van der Waals surface area contributed by atoms with E-state index in [1.54, 1.807) is 56.4 Å². The number of ether oxygens (including phenoxy) is 5. The van der Waals surface area contributed by atoms with Crippen LogP contribution in [0.5, 0.6) is 0 Å². The lowest BCUT2D eigenvalue weighted by atomic mass is 9.83. The fourth-order valence-corrected chi connectivity index (χ4v) is 6.06. The number of carboxylic acids is 1. The molecule has 3 saturated heterocycles. The second-order valence-electron chi connectivity index (χ2n) is 13.6. The van der Waals surface area contributed by atoms with Crippen LogP contribution in [0.25, 0.3) is 0 Å². The lowest BCUT2D eigenvalue weighted by Crippen LogP contribution is -2.61. The Morgan fingerprint density at radius 2 is 1.60 bits per heavy atom. The zero-order valence-corrected chi connectivity index (χ0v) is 29.8. The third kappa shape index (κ3) is 14.4. The van der Waals surface area contributed by atoms with Crippen molar-refractivity contribution < 1.29 is 79.2 Å². The number of cyclic esters (lactones) is 1. The molecule has 0 aromatic rings. The lowest BCUT2D eigenvalue weighted by Gasteiger charge is -2.45. The Balaban J connectivity index is 0.00000116. The van der Waals surface area contributed by atoms with E-state index in [1.165, 1.54) is 12.2 Å². The number of hydrogen-bond donors (Lipinski definition) is 10. The van der Waals surface area contributed by atoms with Gasteiger partial charge >= 0.3 is 11.9 Å². The largest absolute Gasteiger partial charge is 0.481 e. The van der Waals surface area contributed by atoms with Crippen LogP contribution in [0, 0.1) is 5.92 Å². The van der Waals surface area contributed by atoms with E-state index < -0.39 is 103 Å². The molecule has 17 heteroatoms. The van der Waals surface area contributed by atoms with E-state index in [0.717, 1.165) is 0 Å². The van der Waals surface area contributed by atoms with Gasteiger partial charge in [0.1, 0.15) is 30.3 Å². The molecular weight excluding hydrogens is 702 g/mol. The molecule has 3 fully saturated rings. The fourth-order valence-electron chi connectivity index (χ4n) is 6.06. The van der Waals surface area contributed by atoms with Crippen molar-refractivity contribution in [2.75, 3.05) is 13.2 Å². The minimum absolute atomic E-state index is 0.0789. The third-order valence-electron chi connectivity index (χ3n) is 9.00. The van der Waals surface area contributed by atoms with Crippen LogP contribution < -0.4 is 5.73 Å². The number of carbonyl (C=O) groups excluding carboxylic acids is 1. The lowest BCUT2D eigenvalue weighted by molar-refractivity contribution is -0.308. The van der Waals surface area contributed by atoms with Gasteiger partial charge in [0.05, 0.1) is 62.0 Å². The Hall–Kier alpha value is -2.88. The minimum Gasteiger partial charge on any atom is -0.481 e. The molecule has 53 heavy (non-hydrogen) atoms. The van der Waals surface area contributed by atoms with Gasteiger partial charge in [-0.05, 0) is 19.9 Å². The molecule has 0 aliphatic carbocycles. The van der Waals surface area contributed by atoms with Gasteiger partial charge in [0.15, 0.2) is 12.1 Å². The van der Waals surface area contributed by atoms with Crippen LogP contribution in [0.2, 0.25) is 0 Å². The van der Waals surface area contributed by atoms with Gasteiger partial charge in [0.25, 0.3) is 0 Å². The van der Waals surface area contributed by atoms with Crippen molar-refractivity contribution in [3.8, 4) is 0 Å². The topological polar surface area (TPSA) is 292 Å². The molecule has 300 valence electrons. The normalized spacial score (nSPS) is 43.0. The maximum absolute atomic E-state index is 12.3. The van der Waals surface area contributed by atoms with Crippen LogP contribution in [0.3, 0.4) is 0 Å². The number of allylic oxidation sites excluding steroid dienone is 6. The van der Waals surface area contributed by atoms with Gasteiger partial charge in [0.2, 0.25) is 0 Å². The standard InChI is InChI=1S/C33H47NO13.C3H8O3/c1-18-10-8-6-4-3-5-7-9-11-21(45-32-30(39)28(34)29(38)19(2)44-32)15-25-27(31(40)41)22(36)17-33(42,47-25)16-20(35)14-24-23(46-24)12-13-26(37)43-18;4-1-3(6)2-5/h3-9,11-13,18-25,27-30,32,35-36,38-39,42H,10,14-17,34H2,1-2H3,(H,40,41);3-6H,1-2H2/b4-3+,7-5+,8-6+,11-9+,13-12+;/t18-,19-,20+,21+,22+,23-,24-,25+,27-,28+,29-,30+,32+,33-;/m1./s1. The average molecular weight is 758 g/mol. The maximum Gasteiger partial charge on any atom is 0.330 e. The highest BCUT2D eigenvalue weighted by Gasteiger charge is 2.51. The molecule has 4 rings (SSSR count). The summed E-state index contributed by atoms with van der Waals surface area (Å²) in [4.78, 5) is 24.4. The number of carbonyl (C=O) groups is 2. The summed E-state index contributed by atoms with van der Waals surface area (Å²) in [5.41, 5.74) is 5.98. The van der Waals surface area contributed by atoms with Crippen molar-refractivity contribution in [3.05, 3.63) is 60.8 Å². The second-order valence-corrected chi connectivity index (χ2v) is 13.6. The number of rotatable bonds is 5. The van der Waals surface area contributed by atoms with Gasteiger partial charge in [-0.15, -0.1) is 0 Å². The second kappa shape index (κ2) is 21.3. The summed E-state index contributed by atoms with van der Waals surface area (Å²) in [5, 5.41) is 88.0. The summed E-state index contributed by atoms with van der Waals surface area (Å²) in [6.45, 7) is 2.61. The van der Waals surface area contributed by atoms with Crippen molar-refractivity contribution in [2.24, 2.45) is 11.7 Å². The first-order valence-corrected chi connectivity index (χ1v) is 17.6. The van der Waals surface area contributed by atoms with E-state index in [0.29, 0.717) is 6.42 Å². The number of fused-ring (bicyclic) bond motifs is 3. The van der Waals surface area contributed by atoms with Gasteiger partial charge in [-0.2, -0.15) is 0 Å². The Morgan fingerprint density at radius 3 is 2.25 bits per heavy atom. The number of epoxide rings is 1. The molecule has 4 aliphatic rings. The molecule has 4 aliphatic heterocycles. The SMILES string of the molecule is C[C@@H]1C/C=C/C=C/C=C/C=C/[C@H](O[C@@H]2O[C@H](C)[C@@H](O)[C@H](N)[C@@H]2O)C[C@@H]2O[C@](O)(C[C@@H](O)C[C@H]3O[C@@H]3/C=C/C(=O)O1)C[C@H](O)[C@H]2C(=O)O.OCC(O)CO. The van der Waals surface area contributed by atoms with Crippen molar-refractivity contribution in [2.45, 2.75) is 131 Å². The molecule has 0 saturated carbocycles. The van der Waals surface area contributed by atoms with Gasteiger partial charge in [-0.1, -0.05) is 48.6 Å². The van der Waals surface area contributed by atoms with E-state index in [9.17, 15) is 40.2 Å². The van der Waals surface area contributed by atoms with Gasteiger partial charge < -0.3 is 75.4 Å². The predicted molar refractivity (Wildman–Crippen MR) is 185 cm³/mol. The molecule has 11 N–H and O–H groups in total. The van der Waals surface area contributed by atoms with Gasteiger partial charge in [0, 0.05) is 38.2 Å². The van der Waals surface area contributed by atoms with E-state index in [2.05, 4.69) is 0 Å². The van der Waals surface area contributed by atoms with Crippen molar-refractivity contribution in [3.63, 3.8) is 0 Å². The van der Waals surface area contributed by atoms with E-state index >= 15 is 0 Å². The summed E-state index contributed by atoms with van der Waals surface area (Å²) in [6, 6.07) is -1.08. The van der Waals surface area contributed by atoms with Crippen molar-refractivity contribution in [1.82, 2.24) is 0 Å². The molecule has 0 aromatic heterocycles. The molecular formula is C36H55NO16. The predicted octanol–water partition coefficient (Wildman–Crippen LogP) is -1.55. The summed E-state index contributed by atoms with van der Waals surface area (Å²) >= 11 is 0. The molecule has 17 nitrogen and oxygen atoms in total. The summed E-state index contributed by atoms with van der Waals surface area (Å²) in [5.74, 6) is -5.45. The van der Waals surface area contributed by atoms with Gasteiger partial charge in [-0.3, -0.25) is 4.79 Å². The first-order valence-electron chi connectivity index (χ1n) is 17.6. The number of hydrogen-bond acceptors (Lipinski definition) is 16. The molecule has 4 heterocycles. The van der Waals surface area contributed by atoms with Crippen LogP contribution in [0.4, 0.5) is 0 Å². The number of esters is 1. The number of aliphatic hydroxyl groups is 8. The molecule has 0 spiro atoms. The number of aliphatic carboxylic acids is 1. The maximum atomic E-state index is 12.3. The fraction of sp³-hybridized carbons (Fsp3) is 0.667. The Labute approximate surface area is 307 Å². The highest BCUT2D eigenvalue weighted by Crippen LogP contribution is 2.39. The summed E-state index contributed by atoms with van der Waals surface area (Å²) in [7, 11) is 0. The van der Waals surface area contributed by atoms with E-state index in [4.69, 9.17) is 44.7 Å². The number of aliphatic hydroxyl groups excluding tert-OH is 7. The van der Waals surface area contributed by atoms with Crippen LogP contribution in [0.15, 0.2) is 60.8 Å². The molecule has 0 amide bonds. The van der Waals surface area contributed by atoms with Crippen molar-refractivity contribution >= 4 is 11.9 Å². The molecule has 0 unspecified atom stereocenters. The van der Waals surface area contributed by atoms with E-state index in [-0.39, 0.29) is 38.6 Å². The zero-order chi connectivity index (χ0) is 39.3. The first-order chi connectivity index (χ1) is 25.1. The van der Waals surface area contributed by atoms with Crippen LogP contribution >= 0.6 is 0 Å². The number of carboxylic acid groups (broad SMARTS) is 1. The Kier molecular flexibility index (Phi) is 17.9. The van der Waals surface area contributed by atoms with Crippen LogP contribution in [-0.4, -0.2) is 156 Å². The third-order valence-corrected chi connectivity index (χ3v) is 9.00. The molecule has 2 bridgehead atoms. The Bertz CT molecular complexity index is 1300. The smallest absolute Gasteiger partial charge is 0.330 e. The molecule has 0 radical (unpaired) electrons. The summed E-state index contributed by atoms with van der Waals surface area (Å²) < 4.78 is 28.5.